The zero-order valence-electron chi connectivity index (χ0n) is 15.3. The van der Waals surface area contributed by atoms with Gasteiger partial charge in [0.1, 0.15) is 5.75 Å². The molecule has 134 valence electrons. The van der Waals surface area contributed by atoms with Crippen LogP contribution in [0, 0.1) is 0 Å². The first-order valence-corrected chi connectivity index (χ1v) is 9.95. The van der Waals surface area contributed by atoms with Crippen molar-refractivity contribution in [3.63, 3.8) is 0 Å². The Hall–Kier alpha value is -2.52. The Bertz CT molecular complexity index is 1060. The topological polar surface area (TPSA) is 12.5 Å². The molecule has 0 saturated heterocycles. The zero-order chi connectivity index (χ0) is 18.6. The molecular formula is C24H20BrNO. The van der Waals surface area contributed by atoms with Crippen molar-refractivity contribution in [2.75, 3.05) is 4.90 Å². The summed E-state index contributed by atoms with van der Waals surface area (Å²) in [5.41, 5.74) is 3.84. The monoisotopic (exact) mass is 417 g/mol. The molecule has 0 aromatic heterocycles. The van der Waals surface area contributed by atoms with Gasteiger partial charge in [0.2, 0.25) is 5.72 Å². The zero-order valence-corrected chi connectivity index (χ0v) is 16.9. The number of nitrogens with zero attached hydrogens (tertiary/aromatic N) is 1. The lowest BCUT2D eigenvalue weighted by Crippen LogP contribution is -2.57. The van der Waals surface area contributed by atoms with Gasteiger partial charge < -0.3 is 4.74 Å². The fourth-order valence-electron chi connectivity index (χ4n) is 4.36. The first-order chi connectivity index (χ1) is 13.0. The summed E-state index contributed by atoms with van der Waals surface area (Å²) < 4.78 is 7.87. The van der Waals surface area contributed by atoms with Crippen LogP contribution in [-0.2, 0) is 5.41 Å². The molecule has 0 amide bonds. The summed E-state index contributed by atoms with van der Waals surface area (Å²) in [5, 5.41) is 0. The maximum absolute atomic E-state index is 6.82. The Morgan fingerprint density at radius 3 is 2.44 bits per heavy atom. The summed E-state index contributed by atoms with van der Waals surface area (Å²) in [5.74, 6) is 0.905. The largest absolute Gasteiger partial charge is 0.462 e. The molecule has 3 heteroatoms. The minimum atomic E-state index is -0.626. The fraction of sp³-hybridized carbons (Fsp3) is 0.167. The van der Waals surface area contributed by atoms with Crippen LogP contribution in [-0.4, -0.2) is 5.72 Å². The maximum atomic E-state index is 6.82. The van der Waals surface area contributed by atoms with E-state index in [2.05, 4.69) is 101 Å². The number of hydrogen-bond acceptors (Lipinski definition) is 2. The molecule has 5 rings (SSSR count). The average Bonchev–Trinajstić information content (AvgIpc) is 2.87. The molecule has 0 radical (unpaired) electrons. The number of para-hydroxylation sites is 2. The van der Waals surface area contributed by atoms with E-state index in [1.54, 1.807) is 0 Å². The van der Waals surface area contributed by atoms with Gasteiger partial charge in [-0.2, -0.15) is 0 Å². The number of halogens is 1. The van der Waals surface area contributed by atoms with E-state index in [4.69, 9.17) is 4.74 Å². The van der Waals surface area contributed by atoms with E-state index in [0.717, 1.165) is 21.5 Å². The molecule has 2 heterocycles. The summed E-state index contributed by atoms with van der Waals surface area (Å²) >= 11 is 3.56. The van der Waals surface area contributed by atoms with Crippen LogP contribution in [0.5, 0.6) is 5.75 Å². The van der Waals surface area contributed by atoms with Crippen molar-refractivity contribution in [1.82, 2.24) is 0 Å². The summed E-state index contributed by atoms with van der Waals surface area (Å²) in [7, 11) is 0. The van der Waals surface area contributed by atoms with Gasteiger partial charge in [-0.05, 0) is 68.0 Å². The molecule has 0 unspecified atom stereocenters. The molecule has 2 aliphatic rings. The Balaban J connectivity index is 1.77. The molecule has 2 nitrogen and oxygen atoms in total. The van der Waals surface area contributed by atoms with E-state index in [1.807, 2.05) is 18.2 Å². The van der Waals surface area contributed by atoms with Gasteiger partial charge in [-0.15, -0.1) is 0 Å². The van der Waals surface area contributed by atoms with Crippen molar-refractivity contribution in [3.8, 4) is 5.75 Å². The Labute approximate surface area is 168 Å². The molecule has 0 saturated carbocycles. The summed E-state index contributed by atoms with van der Waals surface area (Å²) in [6.07, 6.45) is 4.40. The number of hydrogen-bond donors (Lipinski definition) is 0. The molecule has 2 aliphatic heterocycles. The first kappa shape index (κ1) is 16.6. The van der Waals surface area contributed by atoms with E-state index >= 15 is 0 Å². The first-order valence-electron chi connectivity index (χ1n) is 9.15. The van der Waals surface area contributed by atoms with Crippen LogP contribution in [0.1, 0.15) is 25.0 Å². The van der Waals surface area contributed by atoms with Crippen molar-refractivity contribution in [2.45, 2.75) is 25.0 Å². The molecular weight excluding hydrogens is 398 g/mol. The van der Waals surface area contributed by atoms with Crippen molar-refractivity contribution in [3.05, 3.63) is 94.5 Å². The van der Waals surface area contributed by atoms with Crippen LogP contribution < -0.4 is 9.64 Å². The lowest BCUT2D eigenvalue weighted by molar-refractivity contribution is 0.0630. The van der Waals surface area contributed by atoms with E-state index < -0.39 is 5.72 Å². The van der Waals surface area contributed by atoms with Crippen molar-refractivity contribution in [2.24, 2.45) is 0 Å². The second-order valence-corrected chi connectivity index (χ2v) is 8.54. The predicted octanol–water partition coefficient (Wildman–Crippen LogP) is 6.68. The average molecular weight is 418 g/mol. The van der Waals surface area contributed by atoms with Crippen molar-refractivity contribution >= 4 is 33.4 Å². The normalized spacial score (nSPS) is 21.7. The Morgan fingerprint density at radius 2 is 1.63 bits per heavy atom. The SMILES string of the molecule is CC1(C)c2ccccc2N(c2ccccc2)[C@]12C=Cc1cc(Br)ccc1O2. The highest BCUT2D eigenvalue weighted by Gasteiger charge is 2.59. The number of anilines is 2. The van der Waals surface area contributed by atoms with Gasteiger partial charge in [0, 0.05) is 21.4 Å². The van der Waals surface area contributed by atoms with Gasteiger partial charge in [0.15, 0.2) is 0 Å². The van der Waals surface area contributed by atoms with Crippen LogP contribution in [0.3, 0.4) is 0 Å². The van der Waals surface area contributed by atoms with E-state index in [0.29, 0.717) is 0 Å². The van der Waals surface area contributed by atoms with Gasteiger partial charge in [0.25, 0.3) is 0 Å². The van der Waals surface area contributed by atoms with Gasteiger partial charge in [-0.25, -0.2) is 0 Å². The fourth-order valence-corrected chi connectivity index (χ4v) is 4.74. The summed E-state index contributed by atoms with van der Waals surface area (Å²) in [4.78, 5) is 2.34. The molecule has 0 bridgehead atoms. The smallest absolute Gasteiger partial charge is 0.216 e. The van der Waals surface area contributed by atoms with Crippen molar-refractivity contribution < 1.29 is 4.74 Å². The second-order valence-electron chi connectivity index (χ2n) is 7.63. The molecule has 0 N–H and O–H groups in total. The molecule has 1 spiro atoms. The number of fused-ring (bicyclic) bond motifs is 2. The molecule has 0 fully saturated rings. The minimum absolute atomic E-state index is 0.235. The maximum Gasteiger partial charge on any atom is 0.216 e. The molecule has 1 atom stereocenters. The Morgan fingerprint density at radius 1 is 0.889 bits per heavy atom. The molecule has 3 aromatic carbocycles. The van der Waals surface area contributed by atoms with Gasteiger partial charge in [-0.3, -0.25) is 4.90 Å². The lowest BCUT2D eigenvalue weighted by atomic mass is 9.76. The van der Waals surface area contributed by atoms with Gasteiger partial charge in [0.05, 0.1) is 5.41 Å². The molecule has 0 aliphatic carbocycles. The van der Waals surface area contributed by atoms with Crippen LogP contribution >= 0.6 is 15.9 Å². The predicted molar refractivity (Wildman–Crippen MR) is 115 cm³/mol. The van der Waals surface area contributed by atoms with Gasteiger partial charge >= 0.3 is 0 Å². The molecule has 3 aromatic rings. The number of rotatable bonds is 1. The standard InChI is InChI=1S/C24H20BrNO/c1-23(2)20-10-6-7-11-21(20)26(19-8-4-3-5-9-19)24(23)15-14-17-16-18(25)12-13-22(17)27-24/h3-16H,1-2H3/t24-/m0/s1. The summed E-state index contributed by atoms with van der Waals surface area (Å²) in [6, 6.07) is 25.3. The number of ether oxygens (including phenoxy) is 1. The second kappa shape index (κ2) is 5.74. The quantitative estimate of drug-likeness (QED) is 0.437. The van der Waals surface area contributed by atoms with Gasteiger partial charge in [-0.1, -0.05) is 52.3 Å². The third-order valence-electron chi connectivity index (χ3n) is 5.79. The Kier molecular flexibility index (Phi) is 3.54. The highest BCUT2D eigenvalue weighted by Crippen LogP contribution is 2.57. The lowest BCUT2D eigenvalue weighted by Gasteiger charge is -2.47. The van der Waals surface area contributed by atoms with Crippen LogP contribution in [0.25, 0.3) is 6.08 Å². The van der Waals surface area contributed by atoms with E-state index in [9.17, 15) is 0 Å². The highest BCUT2D eigenvalue weighted by molar-refractivity contribution is 9.10. The van der Waals surface area contributed by atoms with E-state index in [1.165, 1.54) is 11.3 Å². The van der Waals surface area contributed by atoms with Crippen LogP contribution in [0.4, 0.5) is 11.4 Å². The third kappa shape index (κ3) is 2.24. The highest BCUT2D eigenvalue weighted by atomic mass is 79.9. The summed E-state index contributed by atoms with van der Waals surface area (Å²) in [6.45, 7) is 4.53. The third-order valence-corrected chi connectivity index (χ3v) is 6.28. The van der Waals surface area contributed by atoms with Crippen LogP contribution in [0.2, 0.25) is 0 Å². The minimum Gasteiger partial charge on any atom is -0.462 e. The van der Waals surface area contributed by atoms with Crippen molar-refractivity contribution in [1.29, 1.82) is 0 Å². The van der Waals surface area contributed by atoms with Crippen LogP contribution in [0.15, 0.2) is 83.3 Å². The number of benzene rings is 3. The van der Waals surface area contributed by atoms with E-state index in [-0.39, 0.29) is 5.41 Å². The molecule has 27 heavy (non-hydrogen) atoms.